The van der Waals surface area contributed by atoms with Crippen LogP contribution in [0.1, 0.15) is 44.9 Å². The van der Waals surface area contributed by atoms with Crippen LogP contribution < -0.4 is 0 Å². The number of rotatable bonds is 5. The smallest absolute Gasteiger partial charge is 0.212 e. The number of hydrogen-bond donors (Lipinski definition) is 1. The summed E-state index contributed by atoms with van der Waals surface area (Å²) in [5.41, 5.74) is 2.13. The van der Waals surface area contributed by atoms with E-state index < -0.39 is 0 Å². The zero-order valence-electron chi connectivity index (χ0n) is 9.38. The molecule has 0 aromatic carbocycles. The highest BCUT2D eigenvalue weighted by atomic mass is 16.3. The minimum absolute atomic E-state index is 0.373. The van der Waals surface area contributed by atoms with E-state index in [2.05, 4.69) is 18.9 Å². The van der Waals surface area contributed by atoms with E-state index in [0.29, 0.717) is 5.88 Å². The predicted molar refractivity (Wildman–Crippen MR) is 57.6 cm³/mol. The Bertz CT molecular complexity index is 292. The maximum atomic E-state index is 9.87. The summed E-state index contributed by atoms with van der Waals surface area (Å²) in [5.74, 6) is 0.373. The van der Waals surface area contributed by atoms with Gasteiger partial charge in [-0.1, -0.05) is 26.7 Å². The SMILES string of the molecule is CCCc1nn(CC)c(O)c1CCC. The molecule has 0 radical (unpaired) electrons. The lowest BCUT2D eigenvalue weighted by Gasteiger charge is -1.99. The monoisotopic (exact) mass is 196 g/mol. The van der Waals surface area contributed by atoms with Gasteiger partial charge in [0.25, 0.3) is 0 Å². The van der Waals surface area contributed by atoms with Crippen molar-refractivity contribution in [1.29, 1.82) is 0 Å². The molecule has 1 aromatic rings. The van der Waals surface area contributed by atoms with E-state index in [0.717, 1.165) is 43.5 Å². The van der Waals surface area contributed by atoms with Crippen molar-refractivity contribution in [3.63, 3.8) is 0 Å². The lowest BCUT2D eigenvalue weighted by Crippen LogP contribution is -1.96. The third kappa shape index (κ3) is 2.08. The zero-order chi connectivity index (χ0) is 10.6. The lowest BCUT2D eigenvalue weighted by atomic mass is 10.1. The summed E-state index contributed by atoms with van der Waals surface area (Å²) >= 11 is 0. The second-order valence-electron chi connectivity index (χ2n) is 3.56. The summed E-state index contributed by atoms with van der Waals surface area (Å²) in [5, 5.41) is 14.3. The van der Waals surface area contributed by atoms with E-state index in [1.165, 1.54) is 0 Å². The first kappa shape index (κ1) is 11.1. The Morgan fingerprint density at radius 2 is 1.79 bits per heavy atom. The van der Waals surface area contributed by atoms with Crippen molar-refractivity contribution < 1.29 is 5.11 Å². The number of aromatic hydroxyl groups is 1. The molecule has 0 aliphatic heterocycles. The van der Waals surface area contributed by atoms with Crippen LogP contribution in [0.2, 0.25) is 0 Å². The third-order valence-electron chi connectivity index (χ3n) is 2.39. The Kier molecular flexibility index (Phi) is 3.98. The standard InChI is InChI=1S/C11H20N2O/c1-4-7-9-10(8-5-2)12-13(6-3)11(9)14/h14H,4-8H2,1-3H3. The number of hydrogen-bond acceptors (Lipinski definition) is 2. The Morgan fingerprint density at radius 1 is 1.14 bits per heavy atom. The first-order chi connectivity index (χ1) is 6.74. The molecule has 0 saturated carbocycles. The lowest BCUT2D eigenvalue weighted by molar-refractivity contribution is 0.400. The number of nitrogens with zero attached hydrogens (tertiary/aromatic N) is 2. The van der Waals surface area contributed by atoms with Gasteiger partial charge in [0, 0.05) is 12.1 Å². The topological polar surface area (TPSA) is 38.0 Å². The highest BCUT2D eigenvalue weighted by Gasteiger charge is 2.14. The highest BCUT2D eigenvalue weighted by molar-refractivity contribution is 5.31. The summed E-state index contributed by atoms with van der Waals surface area (Å²) in [6, 6.07) is 0. The van der Waals surface area contributed by atoms with Gasteiger partial charge in [-0.05, 0) is 19.8 Å². The van der Waals surface area contributed by atoms with Crippen LogP contribution in [-0.2, 0) is 19.4 Å². The Balaban J connectivity index is 3.00. The minimum Gasteiger partial charge on any atom is -0.493 e. The minimum atomic E-state index is 0.373. The molecule has 3 heteroatoms. The first-order valence-electron chi connectivity index (χ1n) is 5.52. The third-order valence-corrected chi connectivity index (χ3v) is 2.39. The molecule has 80 valence electrons. The first-order valence-corrected chi connectivity index (χ1v) is 5.52. The molecule has 0 saturated heterocycles. The van der Waals surface area contributed by atoms with Crippen LogP contribution in [0.3, 0.4) is 0 Å². The average Bonchev–Trinajstić information content (AvgIpc) is 2.47. The Labute approximate surface area is 85.8 Å². The van der Waals surface area contributed by atoms with Crippen molar-refractivity contribution in [2.75, 3.05) is 0 Å². The maximum absolute atomic E-state index is 9.87. The summed E-state index contributed by atoms with van der Waals surface area (Å²) in [4.78, 5) is 0. The van der Waals surface area contributed by atoms with Crippen LogP contribution >= 0.6 is 0 Å². The van der Waals surface area contributed by atoms with Crippen LogP contribution in [0.4, 0.5) is 0 Å². The highest BCUT2D eigenvalue weighted by Crippen LogP contribution is 2.23. The average molecular weight is 196 g/mol. The van der Waals surface area contributed by atoms with E-state index in [1.54, 1.807) is 4.68 Å². The van der Waals surface area contributed by atoms with Crippen molar-refractivity contribution >= 4 is 0 Å². The molecule has 1 aromatic heterocycles. The van der Waals surface area contributed by atoms with Crippen molar-refractivity contribution in [2.45, 2.75) is 53.0 Å². The fourth-order valence-corrected chi connectivity index (χ4v) is 1.70. The van der Waals surface area contributed by atoms with Gasteiger partial charge < -0.3 is 5.11 Å². The molecule has 1 rings (SSSR count). The Morgan fingerprint density at radius 3 is 2.29 bits per heavy atom. The van der Waals surface area contributed by atoms with Gasteiger partial charge in [0.15, 0.2) is 0 Å². The molecular formula is C11H20N2O. The molecule has 0 spiro atoms. The van der Waals surface area contributed by atoms with E-state index in [4.69, 9.17) is 0 Å². The van der Waals surface area contributed by atoms with Crippen molar-refractivity contribution in [1.82, 2.24) is 9.78 Å². The van der Waals surface area contributed by atoms with E-state index >= 15 is 0 Å². The van der Waals surface area contributed by atoms with Crippen molar-refractivity contribution in [2.24, 2.45) is 0 Å². The quantitative estimate of drug-likeness (QED) is 0.785. The van der Waals surface area contributed by atoms with Gasteiger partial charge in [-0.15, -0.1) is 0 Å². The number of aryl methyl sites for hydroxylation is 2. The molecule has 0 aliphatic carbocycles. The summed E-state index contributed by atoms with van der Waals surface area (Å²) < 4.78 is 1.69. The van der Waals surface area contributed by atoms with Gasteiger partial charge in [-0.3, -0.25) is 0 Å². The van der Waals surface area contributed by atoms with E-state index in [1.807, 2.05) is 6.92 Å². The molecule has 14 heavy (non-hydrogen) atoms. The number of aromatic nitrogens is 2. The van der Waals surface area contributed by atoms with Gasteiger partial charge in [0.05, 0.1) is 5.69 Å². The Hall–Kier alpha value is -0.990. The summed E-state index contributed by atoms with van der Waals surface area (Å²) in [6.07, 6.45) is 4.04. The van der Waals surface area contributed by atoms with Crippen LogP contribution in [0.25, 0.3) is 0 Å². The fourth-order valence-electron chi connectivity index (χ4n) is 1.70. The molecule has 0 amide bonds. The van der Waals surface area contributed by atoms with Gasteiger partial charge in [0.1, 0.15) is 0 Å². The zero-order valence-corrected chi connectivity index (χ0v) is 9.38. The summed E-state index contributed by atoms with van der Waals surface area (Å²) in [7, 11) is 0. The van der Waals surface area contributed by atoms with E-state index in [9.17, 15) is 5.11 Å². The van der Waals surface area contributed by atoms with Crippen LogP contribution in [0.15, 0.2) is 0 Å². The normalized spacial score (nSPS) is 10.8. The van der Waals surface area contributed by atoms with Crippen LogP contribution in [0.5, 0.6) is 5.88 Å². The fraction of sp³-hybridized carbons (Fsp3) is 0.727. The van der Waals surface area contributed by atoms with E-state index in [-0.39, 0.29) is 0 Å². The molecule has 0 bridgehead atoms. The van der Waals surface area contributed by atoms with Crippen molar-refractivity contribution in [3.05, 3.63) is 11.3 Å². The molecule has 0 atom stereocenters. The molecule has 1 heterocycles. The molecular weight excluding hydrogens is 176 g/mol. The molecule has 0 unspecified atom stereocenters. The second kappa shape index (κ2) is 5.03. The predicted octanol–water partition coefficient (Wildman–Crippen LogP) is 2.51. The van der Waals surface area contributed by atoms with Gasteiger partial charge in [-0.2, -0.15) is 5.10 Å². The summed E-state index contributed by atoms with van der Waals surface area (Å²) in [6.45, 7) is 7.00. The van der Waals surface area contributed by atoms with Crippen molar-refractivity contribution in [3.8, 4) is 5.88 Å². The van der Waals surface area contributed by atoms with Crippen LogP contribution in [0, 0.1) is 0 Å². The van der Waals surface area contributed by atoms with Gasteiger partial charge >= 0.3 is 0 Å². The van der Waals surface area contributed by atoms with Gasteiger partial charge in [0.2, 0.25) is 5.88 Å². The van der Waals surface area contributed by atoms with Gasteiger partial charge in [-0.25, -0.2) is 4.68 Å². The molecule has 1 N–H and O–H groups in total. The maximum Gasteiger partial charge on any atom is 0.212 e. The van der Waals surface area contributed by atoms with Crippen LogP contribution in [-0.4, -0.2) is 14.9 Å². The second-order valence-corrected chi connectivity index (χ2v) is 3.56. The molecule has 3 nitrogen and oxygen atoms in total. The molecule has 0 fully saturated rings. The largest absolute Gasteiger partial charge is 0.493 e. The molecule has 0 aliphatic rings.